The zero-order valence-electron chi connectivity index (χ0n) is 15.6. The lowest BCUT2D eigenvalue weighted by Gasteiger charge is -2.24. The summed E-state index contributed by atoms with van der Waals surface area (Å²) >= 11 is 2.21. The molecule has 6 heteroatoms. The SMILES string of the molecule is COC(=O)/C=C/CN(C(=O)OCc1ccccc1)c1c(C)cc(C)cc1I. The van der Waals surface area contributed by atoms with Gasteiger partial charge in [0.25, 0.3) is 0 Å². The van der Waals surface area contributed by atoms with E-state index in [2.05, 4.69) is 27.3 Å². The monoisotopic (exact) mass is 479 g/mol. The third-order valence-corrected chi connectivity index (χ3v) is 4.66. The minimum atomic E-state index is -0.474. The molecule has 27 heavy (non-hydrogen) atoms. The molecule has 0 heterocycles. The lowest BCUT2D eigenvalue weighted by atomic mass is 10.1. The molecule has 0 unspecified atom stereocenters. The van der Waals surface area contributed by atoms with Gasteiger partial charge in [0, 0.05) is 16.2 Å². The zero-order chi connectivity index (χ0) is 19.8. The Morgan fingerprint density at radius 3 is 2.48 bits per heavy atom. The number of methoxy groups -OCH3 is 1. The van der Waals surface area contributed by atoms with E-state index in [1.165, 1.54) is 18.1 Å². The second-order valence-electron chi connectivity index (χ2n) is 5.99. The average Bonchev–Trinajstić information content (AvgIpc) is 2.64. The molecule has 0 bridgehead atoms. The van der Waals surface area contributed by atoms with Crippen LogP contribution in [0.5, 0.6) is 0 Å². The number of halogens is 1. The number of anilines is 1. The molecular weight excluding hydrogens is 457 g/mol. The molecule has 2 aromatic rings. The van der Waals surface area contributed by atoms with Crippen molar-refractivity contribution < 1.29 is 19.1 Å². The zero-order valence-corrected chi connectivity index (χ0v) is 17.7. The normalized spacial score (nSPS) is 10.7. The molecule has 0 saturated carbocycles. The Bertz CT molecular complexity index is 810. The number of aryl methyl sites for hydroxylation is 2. The molecule has 0 saturated heterocycles. The molecule has 0 spiro atoms. The highest BCUT2D eigenvalue weighted by Gasteiger charge is 2.21. The third-order valence-electron chi connectivity index (χ3n) is 3.84. The second kappa shape index (κ2) is 10.1. The second-order valence-corrected chi connectivity index (χ2v) is 7.15. The molecular formula is C21H22INO4. The number of carbonyl (C=O) groups is 2. The first-order valence-electron chi connectivity index (χ1n) is 8.42. The maximum Gasteiger partial charge on any atom is 0.414 e. The quantitative estimate of drug-likeness (QED) is 0.340. The van der Waals surface area contributed by atoms with E-state index in [1.807, 2.05) is 56.3 Å². The van der Waals surface area contributed by atoms with Crippen molar-refractivity contribution >= 4 is 40.3 Å². The van der Waals surface area contributed by atoms with E-state index < -0.39 is 12.1 Å². The Labute approximate surface area is 173 Å². The van der Waals surface area contributed by atoms with Crippen LogP contribution in [0.25, 0.3) is 0 Å². The smallest absolute Gasteiger partial charge is 0.414 e. The number of rotatable bonds is 6. The molecule has 0 aromatic heterocycles. The van der Waals surface area contributed by atoms with Crippen LogP contribution in [0.1, 0.15) is 16.7 Å². The minimum absolute atomic E-state index is 0.179. The molecule has 0 aliphatic rings. The van der Waals surface area contributed by atoms with Crippen molar-refractivity contribution in [1.82, 2.24) is 0 Å². The van der Waals surface area contributed by atoms with Crippen molar-refractivity contribution in [3.05, 3.63) is 74.9 Å². The summed E-state index contributed by atoms with van der Waals surface area (Å²) < 4.78 is 11.0. The van der Waals surface area contributed by atoms with Crippen LogP contribution in [0.15, 0.2) is 54.6 Å². The van der Waals surface area contributed by atoms with Gasteiger partial charge in [0.15, 0.2) is 0 Å². The van der Waals surface area contributed by atoms with E-state index in [4.69, 9.17) is 4.74 Å². The molecule has 0 aliphatic carbocycles. The van der Waals surface area contributed by atoms with Crippen molar-refractivity contribution in [1.29, 1.82) is 0 Å². The highest BCUT2D eigenvalue weighted by Crippen LogP contribution is 2.29. The maximum atomic E-state index is 12.8. The van der Waals surface area contributed by atoms with Crippen LogP contribution < -0.4 is 4.90 Å². The summed E-state index contributed by atoms with van der Waals surface area (Å²) in [4.78, 5) is 25.7. The highest BCUT2D eigenvalue weighted by molar-refractivity contribution is 14.1. The number of amides is 1. The van der Waals surface area contributed by atoms with Crippen LogP contribution in [0.4, 0.5) is 10.5 Å². The summed E-state index contributed by atoms with van der Waals surface area (Å²) in [5.41, 5.74) is 3.76. The first-order chi connectivity index (χ1) is 12.9. The van der Waals surface area contributed by atoms with Crippen molar-refractivity contribution in [2.75, 3.05) is 18.6 Å². The summed E-state index contributed by atoms with van der Waals surface area (Å²) in [7, 11) is 1.31. The predicted octanol–water partition coefficient (Wildman–Crippen LogP) is 4.78. The largest absolute Gasteiger partial charge is 0.466 e. The van der Waals surface area contributed by atoms with Crippen molar-refractivity contribution in [3.63, 3.8) is 0 Å². The lowest BCUT2D eigenvalue weighted by Crippen LogP contribution is -2.33. The summed E-state index contributed by atoms with van der Waals surface area (Å²) in [6.07, 6.45) is 2.41. The molecule has 0 radical (unpaired) electrons. The van der Waals surface area contributed by atoms with Crippen LogP contribution in [-0.2, 0) is 20.9 Å². The van der Waals surface area contributed by atoms with Crippen LogP contribution in [-0.4, -0.2) is 25.7 Å². The summed E-state index contributed by atoms with van der Waals surface area (Å²) in [6.45, 7) is 4.33. The van der Waals surface area contributed by atoms with E-state index >= 15 is 0 Å². The summed E-state index contributed by atoms with van der Waals surface area (Å²) in [5.74, 6) is -0.470. The number of benzene rings is 2. The van der Waals surface area contributed by atoms with Gasteiger partial charge < -0.3 is 9.47 Å². The Balaban J connectivity index is 2.25. The minimum Gasteiger partial charge on any atom is -0.466 e. The van der Waals surface area contributed by atoms with Gasteiger partial charge in [-0.2, -0.15) is 0 Å². The fourth-order valence-corrected chi connectivity index (χ4v) is 3.83. The molecule has 2 aromatic carbocycles. The van der Waals surface area contributed by atoms with Gasteiger partial charge >= 0.3 is 12.1 Å². The average molecular weight is 479 g/mol. The van der Waals surface area contributed by atoms with Crippen LogP contribution >= 0.6 is 22.6 Å². The Morgan fingerprint density at radius 2 is 1.85 bits per heavy atom. The van der Waals surface area contributed by atoms with Gasteiger partial charge in [-0.05, 0) is 59.2 Å². The summed E-state index contributed by atoms with van der Waals surface area (Å²) in [6, 6.07) is 13.5. The lowest BCUT2D eigenvalue weighted by molar-refractivity contribution is -0.134. The van der Waals surface area contributed by atoms with Gasteiger partial charge in [0.1, 0.15) is 6.61 Å². The van der Waals surface area contributed by atoms with E-state index in [0.717, 1.165) is 25.9 Å². The Kier molecular flexibility index (Phi) is 7.84. The van der Waals surface area contributed by atoms with Crippen molar-refractivity contribution in [2.45, 2.75) is 20.5 Å². The first kappa shape index (κ1) is 21.0. The van der Waals surface area contributed by atoms with Gasteiger partial charge in [-0.1, -0.05) is 42.5 Å². The number of hydrogen-bond acceptors (Lipinski definition) is 4. The fraction of sp³-hybridized carbons (Fsp3) is 0.238. The van der Waals surface area contributed by atoms with Crippen molar-refractivity contribution in [3.8, 4) is 0 Å². The van der Waals surface area contributed by atoms with Gasteiger partial charge in [0.05, 0.1) is 12.8 Å². The number of ether oxygens (including phenoxy) is 2. The predicted molar refractivity (Wildman–Crippen MR) is 114 cm³/mol. The van der Waals surface area contributed by atoms with Crippen LogP contribution in [0.3, 0.4) is 0 Å². The van der Waals surface area contributed by atoms with Crippen LogP contribution in [0.2, 0.25) is 0 Å². The number of carbonyl (C=O) groups excluding carboxylic acids is 2. The topological polar surface area (TPSA) is 55.8 Å². The highest BCUT2D eigenvalue weighted by atomic mass is 127. The molecule has 0 fully saturated rings. The first-order valence-corrected chi connectivity index (χ1v) is 9.49. The van der Waals surface area contributed by atoms with E-state index in [9.17, 15) is 9.59 Å². The Morgan fingerprint density at radius 1 is 1.15 bits per heavy atom. The number of esters is 1. The molecule has 2 rings (SSSR count). The van der Waals surface area contributed by atoms with Crippen LogP contribution in [0, 0.1) is 17.4 Å². The molecule has 5 nitrogen and oxygen atoms in total. The maximum absolute atomic E-state index is 12.8. The van der Waals surface area contributed by atoms with E-state index in [1.54, 1.807) is 6.08 Å². The molecule has 0 atom stereocenters. The molecule has 142 valence electrons. The third kappa shape index (κ3) is 6.09. The molecule has 0 N–H and O–H groups in total. The van der Waals surface area contributed by atoms with Gasteiger partial charge in [-0.15, -0.1) is 0 Å². The standard InChI is InChI=1S/C21H22INO4/c1-15-12-16(2)20(18(22)13-15)23(11-7-10-19(24)26-3)21(25)27-14-17-8-5-4-6-9-17/h4-10,12-13H,11,14H2,1-3H3/b10-7+. The van der Waals surface area contributed by atoms with Gasteiger partial charge in [-0.25, -0.2) is 9.59 Å². The molecule has 1 amide bonds. The molecule has 0 aliphatic heterocycles. The van der Waals surface area contributed by atoms with Crippen molar-refractivity contribution in [2.24, 2.45) is 0 Å². The number of nitrogens with zero attached hydrogens (tertiary/aromatic N) is 1. The van der Waals surface area contributed by atoms with Gasteiger partial charge in [-0.3, -0.25) is 4.90 Å². The van der Waals surface area contributed by atoms with E-state index in [-0.39, 0.29) is 13.2 Å². The number of hydrogen-bond donors (Lipinski definition) is 0. The fourth-order valence-electron chi connectivity index (χ4n) is 2.63. The van der Waals surface area contributed by atoms with Gasteiger partial charge in [0.2, 0.25) is 0 Å². The summed E-state index contributed by atoms with van der Waals surface area (Å²) in [5, 5.41) is 0. The van der Waals surface area contributed by atoms with E-state index in [0.29, 0.717) is 0 Å². The Hall–Kier alpha value is -2.35.